The summed E-state index contributed by atoms with van der Waals surface area (Å²) in [4.78, 5) is 19.0. The Morgan fingerprint density at radius 2 is 1.91 bits per heavy atom. The Bertz CT molecular complexity index is 919. The van der Waals surface area contributed by atoms with Crippen LogP contribution in [0.1, 0.15) is 50.4 Å². The molecule has 6 nitrogen and oxygen atoms in total. The number of aromatic nitrogens is 1. The Morgan fingerprint density at radius 1 is 1.25 bits per heavy atom. The molecule has 1 N–H and O–H groups in total. The van der Waals surface area contributed by atoms with E-state index in [1.807, 2.05) is 19.4 Å². The number of benzene rings is 1. The number of likely N-dealkylation sites (N-methyl/N-ethyl adjacent to an activating group) is 1. The first-order valence-electron chi connectivity index (χ1n) is 10.7. The molecule has 8 heteroatoms. The lowest BCUT2D eigenvalue weighted by Gasteiger charge is -2.39. The Kier molecular flexibility index (Phi) is 9.36. The topological polar surface area (TPSA) is 57.7 Å². The smallest absolute Gasteiger partial charge is 0.228 e. The number of methoxy groups -OCH3 is 1. The zero-order valence-electron chi connectivity index (χ0n) is 20.2. The van der Waals surface area contributed by atoms with Crippen molar-refractivity contribution in [3.63, 3.8) is 0 Å². The second-order valence-electron chi connectivity index (χ2n) is 8.69. The molecule has 32 heavy (non-hydrogen) atoms. The van der Waals surface area contributed by atoms with E-state index in [2.05, 4.69) is 31.2 Å². The molecule has 2 aromatic rings. The van der Waals surface area contributed by atoms with Gasteiger partial charge in [0.15, 0.2) is 0 Å². The Hall–Kier alpha value is -2.29. The van der Waals surface area contributed by atoms with Gasteiger partial charge in [0.25, 0.3) is 0 Å². The van der Waals surface area contributed by atoms with Gasteiger partial charge >= 0.3 is 0 Å². The first-order valence-corrected chi connectivity index (χ1v) is 11.6. The molecule has 0 spiro atoms. The highest BCUT2D eigenvalue weighted by atomic mass is 32.1. The molecule has 0 radical (unpaired) electrons. The van der Waals surface area contributed by atoms with Gasteiger partial charge in [-0.05, 0) is 63.9 Å². The van der Waals surface area contributed by atoms with Gasteiger partial charge in [-0.1, -0.05) is 0 Å². The SMILES string of the molecule is CNN(/C(=C(\C)c1nc(CC(=O)N(C)CCCOC)cs1)c1ccc(F)cc1)C(C)(C)C. The van der Waals surface area contributed by atoms with E-state index in [0.717, 1.165) is 34.0 Å². The summed E-state index contributed by atoms with van der Waals surface area (Å²) < 4.78 is 18.6. The molecular formula is C24H35FN4O2S. The van der Waals surface area contributed by atoms with Crippen molar-refractivity contribution < 1.29 is 13.9 Å². The van der Waals surface area contributed by atoms with Crippen molar-refractivity contribution in [1.82, 2.24) is 20.3 Å². The second-order valence-corrected chi connectivity index (χ2v) is 9.55. The number of hydrazine groups is 1. The molecule has 0 bridgehead atoms. The minimum Gasteiger partial charge on any atom is -0.385 e. The van der Waals surface area contributed by atoms with Crippen LogP contribution in [0.5, 0.6) is 0 Å². The maximum atomic E-state index is 13.6. The van der Waals surface area contributed by atoms with E-state index in [-0.39, 0.29) is 23.7 Å². The van der Waals surface area contributed by atoms with Crippen molar-refractivity contribution >= 4 is 28.5 Å². The van der Waals surface area contributed by atoms with E-state index in [1.54, 1.807) is 31.2 Å². The normalized spacial score (nSPS) is 12.5. The molecular weight excluding hydrogens is 427 g/mol. The van der Waals surface area contributed by atoms with Gasteiger partial charge in [-0.2, -0.15) is 0 Å². The number of ether oxygens (including phenoxy) is 1. The number of amides is 1. The molecule has 0 unspecified atom stereocenters. The van der Waals surface area contributed by atoms with Gasteiger partial charge in [0.2, 0.25) is 5.91 Å². The molecule has 1 amide bonds. The van der Waals surface area contributed by atoms with Gasteiger partial charge in [-0.15, -0.1) is 11.3 Å². The van der Waals surface area contributed by atoms with Gasteiger partial charge in [0.1, 0.15) is 10.8 Å². The summed E-state index contributed by atoms with van der Waals surface area (Å²) in [6.07, 6.45) is 1.06. The Morgan fingerprint density at radius 3 is 2.47 bits per heavy atom. The molecule has 1 aromatic carbocycles. The largest absolute Gasteiger partial charge is 0.385 e. The lowest BCUT2D eigenvalue weighted by atomic mass is 10.0. The lowest BCUT2D eigenvalue weighted by molar-refractivity contribution is -0.129. The average Bonchev–Trinajstić information content (AvgIpc) is 3.20. The number of halogens is 1. The van der Waals surface area contributed by atoms with Crippen molar-refractivity contribution in [2.75, 3.05) is 34.4 Å². The number of hydrogen-bond donors (Lipinski definition) is 1. The third-order valence-electron chi connectivity index (χ3n) is 5.06. The van der Waals surface area contributed by atoms with Crippen LogP contribution in [0.25, 0.3) is 11.3 Å². The highest BCUT2D eigenvalue weighted by Crippen LogP contribution is 2.33. The third kappa shape index (κ3) is 6.85. The van der Waals surface area contributed by atoms with E-state index in [9.17, 15) is 9.18 Å². The van der Waals surface area contributed by atoms with Crippen LogP contribution in [-0.4, -0.2) is 60.7 Å². The molecule has 1 aromatic heterocycles. The van der Waals surface area contributed by atoms with Crippen LogP contribution in [0.2, 0.25) is 0 Å². The number of thiazole rings is 1. The lowest BCUT2D eigenvalue weighted by Crippen LogP contribution is -2.47. The van der Waals surface area contributed by atoms with Crippen molar-refractivity contribution in [1.29, 1.82) is 0 Å². The molecule has 0 saturated carbocycles. The fourth-order valence-electron chi connectivity index (χ4n) is 3.43. The second kappa shape index (κ2) is 11.5. The summed E-state index contributed by atoms with van der Waals surface area (Å²) in [6.45, 7) is 9.60. The maximum absolute atomic E-state index is 13.6. The summed E-state index contributed by atoms with van der Waals surface area (Å²) in [5.41, 5.74) is 6.55. The monoisotopic (exact) mass is 462 g/mol. The minimum absolute atomic E-state index is 0.0323. The summed E-state index contributed by atoms with van der Waals surface area (Å²) in [7, 11) is 5.33. The number of rotatable bonds is 10. The summed E-state index contributed by atoms with van der Waals surface area (Å²) >= 11 is 1.51. The number of allylic oxidation sites excluding steroid dienone is 1. The summed E-state index contributed by atoms with van der Waals surface area (Å²) in [6, 6.07) is 6.48. The van der Waals surface area contributed by atoms with E-state index in [4.69, 9.17) is 9.72 Å². The minimum atomic E-state index is -0.276. The van der Waals surface area contributed by atoms with E-state index in [1.165, 1.54) is 23.5 Å². The van der Waals surface area contributed by atoms with Crippen LogP contribution in [-0.2, 0) is 16.0 Å². The van der Waals surface area contributed by atoms with Crippen molar-refractivity contribution in [2.24, 2.45) is 0 Å². The third-order valence-corrected chi connectivity index (χ3v) is 6.07. The van der Waals surface area contributed by atoms with E-state index in [0.29, 0.717) is 13.2 Å². The molecule has 0 aliphatic carbocycles. The first kappa shape index (κ1) is 26.0. The van der Waals surface area contributed by atoms with E-state index < -0.39 is 0 Å². The van der Waals surface area contributed by atoms with Crippen LogP contribution >= 0.6 is 11.3 Å². The highest BCUT2D eigenvalue weighted by Gasteiger charge is 2.26. The summed E-state index contributed by atoms with van der Waals surface area (Å²) in [5.74, 6) is -0.243. The molecule has 0 fully saturated rings. The summed E-state index contributed by atoms with van der Waals surface area (Å²) in [5, 5.41) is 4.83. The fourth-order valence-corrected chi connectivity index (χ4v) is 4.25. The van der Waals surface area contributed by atoms with Crippen molar-refractivity contribution in [3.8, 4) is 0 Å². The maximum Gasteiger partial charge on any atom is 0.228 e. The van der Waals surface area contributed by atoms with Gasteiger partial charge in [0.05, 0.1) is 17.8 Å². The average molecular weight is 463 g/mol. The van der Waals surface area contributed by atoms with Gasteiger partial charge in [0, 0.05) is 50.8 Å². The van der Waals surface area contributed by atoms with Crippen LogP contribution in [0.4, 0.5) is 4.39 Å². The molecule has 0 atom stereocenters. The van der Waals surface area contributed by atoms with Gasteiger partial charge in [-0.3, -0.25) is 4.79 Å². The zero-order valence-corrected chi connectivity index (χ0v) is 21.0. The van der Waals surface area contributed by atoms with Crippen LogP contribution in [0, 0.1) is 5.82 Å². The number of carbonyl (C=O) groups excluding carboxylic acids is 1. The predicted octanol–water partition coefficient (Wildman–Crippen LogP) is 4.44. The van der Waals surface area contributed by atoms with Gasteiger partial charge < -0.3 is 14.6 Å². The molecule has 0 aliphatic heterocycles. The number of carbonyl (C=O) groups is 1. The van der Waals surface area contributed by atoms with Crippen LogP contribution in [0.15, 0.2) is 29.6 Å². The zero-order chi connectivity index (χ0) is 23.9. The van der Waals surface area contributed by atoms with Crippen LogP contribution in [0.3, 0.4) is 0 Å². The number of nitrogens with one attached hydrogen (secondary N) is 1. The van der Waals surface area contributed by atoms with Crippen molar-refractivity contribution in [2.45, 2.75) is 46.1 Å². The predicted molar refractivity (Wildman–Crippen MR) is 129 cm³/mol. The van der Waals surface area contributed by atoms with E-state index >= 15 is 0 Å². The van der Waals surface area contributed by atoms with Crippen LogP contribution < -0.4 is 5.43 Å². The number of hydrogen-bond acceptors (Lipinski definition) is 6. The molecule has 0 saturated heterocycles. The highest BCUT2D eigenvalue weighted by molar-refractivity contribution is 7.10. The standard InChI is InChI=1S/C24H35FN4O2S/c1-17(22(29(26-5)24(2,3)4)18-9-11-19(25)12-10-18)23-27-20(16-32-23)15-21(30)28(6)13-8-14-31-7/h9-12,16,26H,8,13-15H2,1-7H3/b22-17+. The Balaban J connectivity index is 2.35. The first-order chi connectivity index (χ1) is 15.1. The Labute approximate surface area is 195 Å². The van der Waals surface area contributed by atoms with Gasteiger partial charge in [-0.25, -0.2) is 14.8 Å². The number of nitrogens with zero attached hydrogens (tertiary/aromatic N) is 3. The fraction of sp³-hybridized carbons (Fsp3) is 0.500. The molecule has 176 valence electrons. The molecule has 2 rings (SSSR count). The quantitative estimate of drug-likeness (QED) is 0.418. The molecule has 0 aliphatic rings. The van der Waals surface area contributed by atoms with Crippen molar-refractivity contribution in [3.05, 3.63) is 51.7 Å². The molecule has 1 heterocycles.